The zero-order valence-electron chi connectivity index (χ0n) is 18.3. The fourth-order valence-electron chi connectivity index (χ4n) is 4.72. The first-order valence-electron chi connectivity index (χ1n) is 11.0. The molecule has 0 radical (unpaired) electrons. The maximum atomic E-state index is 11.0. The molecule has 2 aromatic carbocycles. The van der Waals surface area contributed by atoms with Gasteiger partial charge in [-0.2, -0.15) is 0 Å². The van der Waals surface area contributed by atoms with Crippen LogP contribution in [0.5, 0.6) is 11.5 Å². The highest BCUT2D eigenvalue weighted by Crippen LogP contribution is 2.52. The molecule has 2 aromatic rings. The first kappa shape index (κ1) is 22.4. The molecule has 0 saturated heterocycles. The maximum absolute atomic E-state index is 11.0. The Kier molecular flexibility index (Phi) is 6.26. The van der Waals surface area contributed by atoms with E-state index in [1.807, 2.05) is 68.5 Å². The molecule has 0 spiro atoms. The van der Waals surface area contributed by atoms with E-state index in [4.69, 9.17) is 14.6 Å². The molecule has 170 valence electrons. The number of ether oxygens (including phenoxy) is 2. The number of aryl methyl sites for hydroxylation is 1. The second-order valence-corrected chi connectivity index (χ2v) is 9.14. The summed E-state index contributed by atoms with van der Waals surface area (Å²) in [6.45, 7) is 3.65. The van der Waals surface area contributed by atoms with Crippen LogP contribution >= 0.6 is 0 Å². The van der Waals surface area contributed by atoms with Crippen molar-refractivity contribution in [2.45, 2.75) is 62.9 Å². The summed E-state index contributed by atoms with van der Waals surface area (Å²) < 4.78 is 12.1. The molecular formula is C26H30O6. The van der Waals surface area contributed by atoms with Gasteiger partial charge in [-0.1, -0.05) is 48.6 Å². The number of hydrogen-bond acceptors (Lipinski definition) is 5. The molecule has 6 heteroatoms. The second kappa shape index (κ2) is 8.96. The van der Waals surface area contributed by atoms with Crippen molar-refractivity contribution < 1.29 is 29.6 Å². The van der Waals surface area contributed by atoms with Crippen LogP contribution in [0.1, 0.15) is 43.7 Å². The molecule has 3 N–H and O–H groups in total. The van der Waals surface area contributed by atoms with E-state index in [9.17, 15) is 15.0 Å². The van der Waals surface area contributed by atoms with Crippen LogP contribution in [0.4, 0.5) is 0 Å². The van der Waals surface area contributed by atoms with Crippen LogP contribution in [0.15, 0.2) is 60.7 Å². The number of rotatable bonds is 8. The molecule has 5 atom stereocenters. The summed E-state index contributed by atoms with van der Waals surface area (Å²) in [4.78, 5) is 11.0. The van der Waals surface area contributed by atoms with Gasteiger partial charge in [-0.05, 0) is 38.0 Å². The molecule has 4 rings (SSSR count). The Hall–Kier alpha value is -2.83. The first-order valence-corrected chi connectivity index (χ1v) is 11.0. The Bertz CT molecular complexity index is 983. The number of aliphatic hydroxyl groups excluding tert-OH is 2. The van der Waals surface area contributed by atoms with Crippen molar-refractivity contribution in [2.24, 2.45) is 5.92 Å². The van der Waals surface area contributed by atoms with Gasteiger partial charge in [0, 0.05) is 30.2 Å². The minimum atomic E-state index is -0.877. The SMILES string of the molecule is CC(C)(Oc1ccccc1)C(O)C=CC1C(O)CC2Oc3c(CCC(=O)O)cccc3C21. The monoisotopic (exact) mass is 438 g/mol. The van der Waals surface area contributed by atoms with Crippen LogP contribution < -0.4 is 9.47 Å². The number of benzene rings is 2. The Morgan fingerprint density at radius 1 is 1.22 bits per heavy atom. The zero-order chi connectivity index (χ0) is 22.9. The summed E-state index contributed by atoms with van der Waals surface area (Å²) in [6, 6.07) is 15.2. The van der Waals surface area contributed by atoms with Gasteiger partial charge in [0.2, 0.25) is 0 Å². The fraction of sp³-hybridized carbons (Fsp3) is 0.423. The maximum Gasteiger partial charge on any atom is 0.303 e. The molecule has 1 saturated carbocycles. The van der Waals surface area contributed by atoms with Crippen LogP contribution in [0.3, 0.4) is 0 Å². The Balaban J connectivity index is 1.51. The second-order valence-electron chi connectivity index (χ2n) is 9.14. The molecule has 0 aromatic heterocycles. The summed E-state index contributed by atoms with van der Waals surface area (Å²) >= 11 is 0. The van der Waals surface area contributed by atoms with Crippen molar-refractivity contribution in [3.63, 3.8) is 0 Å². The van der Waals surface area contributed by atoms with Gasteiger partial charge in [0.15, 0.2) is 0 Å². The molecule has 1 fully saturated rings. The van der Waals surface area contributed by atoms with Gasteiger partial charge in [0.05, 0.1) is 6.10 Å². The van der Waals surface area contributed by atoms with Gasteiger partial charge in [-0.3, -0.25) is 4.79 Å². The van der Waals surface area contributed by atoms with Crippen LogP contribution in [0, 0.1) is 5.92 Å². The lowest BCUT2D eigenvalue weighted by molar-refractivity contribution is -0.136. The quantitative estimate of drug-likeness (QED) is 0.544. The molecule has 32 heavy (non-hydrogen) atoms. The number of carboxylic acids is 1. The van der Waals surface area contributed by atoms with Crippen molar-refractivity contribution in [1.29, 1.82) is 0 Å². The van der Waals surface area contributed by atoms with E-state index in [-0.39, 0.29) is 24.4 Å². The van der Waals surface area contributed by atoms with E-state index in [2.05, 4.69) is 0 Å². The van der Waals surface area contributed by atoms with Crippen molar-refractivity contribution in [3.05, 3.63) is 71.8 Å². The number of fused-ring (bicyclic) bond motifs is 3. The van der Waals surface area contributed by atoms with Crippen molar-refractivity contribution in [1.82, 2.24) is 0 Å². The molecule has 6 nitrogen and oxygen atoms in total. The fourth-order valence-corrected chi connectivity index (χ4v) is 4.72. The lowest BCUT2D eigenvalue weighted by atomic mass is 9.86. The number of carboxylic acid groups (broad SMARTS) is 1. The average Bonchev–Trinajstić information content (AvgIpc) is 3.25. The average molecular weight is 439 g/mol. The van der Waals surface area contributed by atoms with E-state index < -0.39 is 23.8 Å². The summed E-state index contributed by atoms with van der Waals surface area (Å²) in [5.41, 5.74) is 1.03. The predicted molar refractivity (Wildman–Crippen MR) is 120 cm³/mol. The zero-order valence-corrected chi connectivity index (χ0v) is 18.3. The third kappa shape index (κ3) is 4.52. The Morgan fingerprint density at radius 3 is 2.69 bits per heavy atom. The summed E-state index contributed by atoms with van der Waals surface area (Å²) in [5, 5.41) is 30.5. The van der Waals surface area contributed by atoms with Gasteiger partial charge in [-0.15, -0.1) is 0 Å². The lowest BCUT2D eigenvalue weighted by Crippen LogP contribution is -2.41. The third-order valence-corrected chi connectivity index (χ3v) is 6.45. The van der Waals surface area contributed by atoms with Gasteiger partial charge in [-0.25, -0.2) is 0 Å². The molecule has 0 bridgehead atoms. The van der Waals surface area contributed by atoms with Crippen molar-refractivity contribution in [3.8, 4) is 11.5 Å². The summed E-state index contributed by atoms with van der Waals surface area (Å²) in [7, 11) is 0. The van der Waals surface area contributed by atoms with Gasteiger partial charge in [0.1, 0.15) is 29.3 Å². The molecule has 2 aliphatic rings. The topological polar surface area (TPSA) is 96.2 Å². The largest absolute Gasteiger partial charge is 0.489 e. The molecule has 1 aliphatic carbocycles. The van der Waals surface area contributed by atoms with E-state index in [1.54, 1.807) is 6.08 Å². The third-order valence-electron chi connectivity index (χ3n) is 6.45. The predicted octanol–water partition coefficient (Wildman–Crippen LogP) is 3.70. The van der Waals surface area contributed by atoms with Crippen LogP contribution in [0.25, 0.3) is 0 Å². The van der Waals surface area contributed by atoms with Crippen LogP contribution in [0.2, 0.25) is 0 Å². The number of carbonyl (C=O) groups is 1. The normalized spacial score (nSPS) is 25.2. The minimum Gasteiger partial charge on any atom is -0.489 e. The highest BCUT2D eigenvalue weighted by Gasteiger charge is 2.49. The van der Waals surface area contributed by atoms with E-state index in [1.165, 1.54) is 0 Å². The smallest absolute Gasteiger partial charge is 0.303 e. The number of aliphatic carboxylic acids is 1. The highest BCUT2D eigenvalue weighted by atomic mass is 16.5. The van der Waals surface area contributed by atoms with Crippen molar-refractivity contribution >= 4 is 5.97 Å². The molecular weight excluding hydrogens is 408 g/mol. The lowest BCUT2D eigenvalue weighted by Gasteiger charge is -2.30. The Morgan fingerprint density at radius 2 is 1.97 bits per heavy atom. The van der Waals surface area contributed by atoms with Crippen LogP contribution in [-0.2, 0) is 11.2 Å². The molecule has 1 heterocycles. The van der Waals surface area contributed by atoms with E-state index in [0.717, 1.165) is 16.9 Å². The van der Waals surface area contributed by atoms with Gasteiger partial charge >= 0.3 is 5.97 Å². The number of para-hydroxylation sites is 2. The van der Waals surface area contributed by atoms with Crippen molar-refractivity contribution in [2.75, 3.05) is 0 Å². The molecule has 0 amide bonds. The number of hydrogen-bond donors (Lipinski definition) is 3. The Labute approximate surface area is 188 Å². The summed E-state index contributed by atoms with van der Waals surface area (Å²) in [5.74, 6) is 0.344. The van der Waals surface area contributed by atoms with Crippen LogP contribution in [-0.4, -0.2) is 45.2 Å². The van der Waals surface area contributed by atoms with E-state index >= 15 is 0 Å². The first-order chi connectivity index (χ1) is 15.3. The minimum absolute atomic E-state index is 0.0358. The van der Waals surface area contributed by atoms with Gasteiger partial charge in [0.25, 0.3) is 0 Å². The number of aliphatic hydroxyl groups is 2. The standard InChI is InChI=1S/C26H30O6/c1-26(2,32-17-8-4-3-5-9-17)22(28)13-12-18-20(27)15-21-24(18)19-10-6-7-16(25(19)31-21)11-14-23(29)30/h3-10,12-13,18,20-22,24,27-28H,11,14-15H2,1-2H3,(H,29,30). The highest BCUT2D eigenvalue weighted by molar-refractivity contribution is 5.67. The van der Waals surface area contributed by atoms with Gasteiger partial charge < -0.3 is 24.8 Å². The summed E-state index contributed by atoms with van der Waals surface area (Å²) in [6.07, 6.45) is 2.90. The van der Waals surface area contributed by atoms with E-state index in [0.29, 0.717) is 18.6 Å². The molecule has 5 unspecified atom stereocenters. The molecule has 1 aliphatic heterocycles.